The monoisotopic (exact) mass is 301 g/mol. The highest BCUT2D eigenvalue weighted by molar-refractivity contribution is 5.92. The van der Waals surface area contributed by atoms with Crippen LogP contribution >= 0.6 is 0 Å². The first kappa shape index (κ1) is 15.3. The Kier molecular flexibility index (Phi) is 5.62. The fourth-order valence-corrected chi connectivity index (χ4v) is 3.41. The number of aromatic nitrogens is 2. The van der Waals surface area contributed by atoms with E-state index in [1.54, 1.807) is 12.4 Å². The Morgan fingerprint density at radius 3 is 2.23 bits per heavy atom. The van der Waals surface area contributed by atoms with Crippen LogP contribution in [-0.4, -0.2) is 28.0 Å². The van der Waals surface area contributed by atoms with E-state index < -0.39 is 0 Å². The van der Waals surface area contributed by atoms with E-state index in [4.69, 9.17) is 4.99 Å². The second-order valence-corrected chi connectivity index (χ2v) is 6.45. The summed E-state index contributed by atoms with van der Waals surface area (Å²) >= 11 is 0. The van der Waals surface area contributed by atoms with E-state index >= 15 is 0 Å². The van der Waals surface area contributed by atoms with Crippen molar-refractivity contribution in [2.45, 2.75) is 76.3 Å². The van der Waals surface area contributed by atoms with Crippen LogP contribution in [-0.2, 0) is 0 Å². The van der Waals surface area contributed by atoms with Crippen molar-refractivity contribution < 1.29 is 0 Å². The molecule has 0 aliphatic heterocycles. The molecule has 0 radical (unpaired) electrons. The Balaban J connectivity index is 1.67. The van der Waals surface area contributed by atoms with Crippen molar-refractivity contribution in [1.82, 2.24) is 15.3 Å². The van der Waals surface area contributed by atoms with Crippen LogP contribution in [0.4, 0.5) is 5.95 Å². The minimum absolute atomic E-state index is 0.441. The topological polar surface area (TPSA) is 62.2 Å². The van der Waals surface area contributed by atoms with Gasteiger partial charge in [-0.15, -0.1) is 0 Å². The molecule has 3 rings (SSSR count). The Bertz CT molecular complexity index is 461. The van der Waals surface area contributed by atoms with Crippen LogP contribution in [0.3, 0.4) is 0 Å². The molecule has 1 heterocycles. The average Bonchev–Trinajstić information content (AvgIpc) is 2.57. The average molecular weight is 301 g/mol. The lowest BCUT2D eigenvalue weighted by Crippen LogP contribution is -2.41. The number of nitrogens with one attached hydrogen (secondary N) is 2. The summed E-state index contributed by atoms with van der Waals surface area (Å²) in [6.45, 7) is 0. The summed E-state index contributed by atoms with van der Waals surface area (Å²) < 4.78 is 0. The SMILES string of the molecule is c1cnc(NC(=NC2CCCCC2)NC2CCCCC2)nc1. The van der Waals surface area contributed by atoms with Crippen LogP contribution in [0.2, 0.25) is 0 Å². The van der Waals surface area contributed by atoms with Gasteiger partial charge in [0.15, 0.2) is 5.96 Å². The van der Waals surface area contributed by atoms with Crippen LogP contribution < -0.4 is 10.6 Å². The van der Waals surface area contributed by atoms with E-state index in [1.165, 1.54) is 64.2 Å². The highest BCUT2D eigenvalue weighted by atomic mass is 15.2. The van der Waals surface area contributed by atoms with E-state index in [-0.39, 0.29) is 0 Å². The van der Waals surface area contributed by atoms with Crippen LogP contribution in [0.5, 0.6) is 0 Å². The largest absolute Gasteiger partial charge is 0.353 e. The Morgan fingerprint density at radius 1 is 0.909 bits per heavy atom. The molecule has 5 nitrogen and oxygen atoms in total. The fraction of sp³-hybridized carbons (Fsp3) is 0.706. The van der Waals surface area contributed by atoms with Gasteiger partial charge in [0.25, 0.3) is 0 Å². The van der Waals surface area contributed by atoms with Gasteiger partial charge in [0.2, 0.25) is 5.95 Å². The van der Waals surface area contributed by atoms with Gasteiger partial charge in [-0.3, -0.25) is 5.32 Å². The van der Waals surface area contributed by atoms with E-state index in [9.17, 15) is 0 Å². The number of aliphatic imine (C=N–C) groups is 1. The smallest absolute Gasteiger partial charge is 0.229 e. The maximum Gasteiger partial charge on any atom is 0.229 e. The lowest BCUT2D eigenvalue weighted by atomic mass is 9.95. The van der Waals surface area contributed by atoms with Crippen LogP contribution in [0.15, 0.2) is 23.5 Å². The summed E-state index contributed by atoms with van der Waals surface area (Å²) in [6.07, 6.45) is 16.3. The standard InChI is InChI=1S/C17H27N5/c1-3-8-14(9-4-1)20-17(21-15-10-5-2-6-11-15)22-16-18-12-7-13-19-16/h7,12-15H,1-6,8-11H2,(H2,18,19,20,21,22). The molecule has 2 fully saturated rings. The zero-order valence-electron chi connectivity index (χ0n) is 13.3. The first-order valence-electron chi connectivity index (χ1n) is 8.78. The van der Waals surface area contributed by atoms with Gasteiger partial charge in [-0.05, 0) is 31.7 Å². The van der Waals surface area contributed by atoms with Crippen molar-refractivity contribution in [2.24, 2.45) is 4.99 Å². The molecule has 5 heteroatoms. The summed E-state index contributed by atoms with van der Waals surface area (Å²) in [6, 6.07) is 2.81. The molecule has 0 aromatic carbocycles. The second kappa shape index (κ2) is 8.11. The third-order valence-corrected chi connectivity index (χ3v) is 4.63. The molecule has 0 amide bonds. The number of nitrogens with zero attached hydrogens (tertiary/aromatic N) is 3. The molecule has 1 aromatic heterocycles. The molecule has 0 atom stereocenters. The molecule has 2 aliphatic carbocycles. The predicted octanol–water partition coefficient (Wildman–Crippen LogP) is 3.50. The van der Waals surface area contributed by atoms with Crippen molar-refractivity contribution in [1.29, 1.82) is 0 Å². The van der Waals surface area contributed by atoms with Crippen molar-refractivity contribution in [2.75, 3.05) is 5.32 Å². The minimum Gasteiger partial charge on any atom is -0.353 e. The van der Waals surface area contributed by atoms with Crippen LogP contribution in [0.25, 0.3) is 0 Å². The maximum atomic E-state index is 4.94. The first-order chi connectivity index (χ1) is 10.9. The summed E-state index contributed by atoms with van der Waals surface area (Å²) in [5, 5.41) is 6.90. The van der Waals surface area contributed by atoms with Crippen molar-refractivity contribution in [3.63, 3.8) is 0 Å². The van der Waals surface area contributed by atoms with Gasteiger partial charge in [-0.1, -0.05) is 38.5 Å². The Hall–Kier alpha value is -1.65. The molecule has 0 saturated heterocycles. The number of rotatable bonds is 3. The second-order valence-electron chi connectivity index (χ2n) is 6.45. The lowest BCUT2D eigenvalue weighted by Gasteiger charge is -2.26. The highest BCUT2D eigenvalue weighted by Crippen LogP contribution is 2.21. The molecule has 2 N–H and O–H groups in total. The molecule has 0 spiro atoms. The third kappa shape index (κ3) is 4.68. The number of hydrogen-bond donors (Lipinski definition) is 2. The summed E-state index contributed by atoms with van der Waals surface area (Å²) in [5.74, 6) is 1.49. The molecule has 2 aliphatic rings. The number of hydrogen-bond acceptors (Lipinski definition) is 3. The molecule has 0 unspecified atom stereocenters. The molecular weight excluding hydrogens is 274 g/mol. The van der Waals surface area contributed by atoms with Crippen molar-refractivity contribution >= 4 is 11.9 Å². The maximum absolute atomic E-state index is 4.94. The summed E-state index contributed by atoms with van der Waals surface area (Å²) in [7, 11) is 0. The Labute approximate surface area is 133 Å². The van der Waals surface area contributed by atoms with Gasteiger partial charge >= 0.3 is 0 Å². The molecular formula is C17H27N5. The van der Waals surface area contributed by atoms with E-state index in [0.717, 1.165) is 5.96 Å². The van der Waals surface area contributed by atoms with Gasteiger partial charge in [0.05, 0.1) is 6.04 Å². The number of guanidine groups is 1. The van der Waals surface area contributed by atoms with Crippen LogP contribution in [0, 0.1) is 0 Å². The first-order valence-corrected chi connectivity index (χ1v) is 8.78. The minimum atomic E-state index is 0.441. The third-order valence-electron chi connectivity index (χ3n) is 4.63. The predicted molar refractivity (Wildman–Crippen MR) is 90.0 cm³/mol. The van der Waals surface area contributed by atoms with Gasteiger partial charge in [0, 0.05) is 18.4 Å². The van der Waals surface area contributed by atoms with Crippen molar-refractivity contribution in [3.05, 3.63) is 18.5 Å². The zero-order valence-corrected chi connectivity index (χ0v) is 13.3. The molecule has 2 saturated carbocycles. The quantitative estimate of drug-likeness (QED) is 0.662. The van der Waals surface area contributed by atoms with Crippen LogP contribution in [0.1, 0.15) is 64.2 Å². The summed E-state index contributed by atoms with van der Waals surface area (Å²) in [5.41, 5.74) is 0. The lowest BCUT2D eigenvalue weighted by molar-refractivity contribution is 0.408. The van der Waals surface area contributed by atoms with Gasteiger partial charge in [-0.2, -0.15) is 0 Å². The van der Waals surface area contributed by atoms with Gasteiger partial charge in [-0.25, -0.2) is 15.0 Å². The molecule has 0 bridgehead atoms. The van der Waals surface area contributed by atoms with Gasteiger partial charge in [0.1, 0.15) is 0 Å². The zero-order chi connectivity index (χ0) is 15.0. The summed E-state index contributed by atoms with van der Waals surface area (Å²) in [4.78, 5) is 13.5. The molecule has 120 valence electrons. The Morgan fingerprint density at radius 2 is 1.55 bits per heavy atom. The van der Waals surface area contributed by atoms with Gasteiger partial charge < -0.3 is 5.32 Å². The fourth-order valence-electron chi connectivity index (χ4n) is 3.41. The molecule has 1 aromatic rings. The van der Waals surface area contributed by atoms with E-state index in [1.807, 2.05) is 6.07 Å². The normalized spacial score (nSPS) is 21.5. The van der Waals surface area contributed by atoms with E-state index in [2.05, 4.69) is 20.6 Å². The highest BCUT2D eigenvalue weighted by Gasteiger charge is 2.18. The van der Waals surface area contributed by atoms with Crippen molar-refractivity contribution in [3.8, 4) is 0 Å². The number of anilines is 1. The molecule has 22 heavy (non-hydrogen) atoms. The van der Waals surface area contributed by atoms with E-state index in [0.29, 0.717) is 18.0 Å².